The number of aromatic carboxylic acids is 1. The van der Waals surface area contributed by atoms with Gasteiger partial charge in [0.25, 0.3) is 0 Å². The third kappa shape index (κ3) is 3.30. The molecule has 0 radical (unpaired) electrons. The van der Waals surface area contributed by atoms with E-state index in [1.807, 2.05) is 30.3 Å². The number of carbonyl (C=O) groups is 1. The Morgan fingerprint density at radius 2 is 1.95 bits per heavy atom. The van der Waals surface area contributed by atoms with Crippen LogP contribution in [0.15, 0.2) is 36.5 Å². The van der Waals surface area contributed by atoms with E-state index in [0.29, 0.717) is 12.3 Å². The molecule has 0 unspecified atom stereocenters. The van der Waals surface area contributed by atoms with Crippen LogP contribution in [0.1, 0.15) is 48.2 Å². The summed E-state index contributed by atoms with van der Waals surface area (Å²) in [7, 11) is 0. The zero-order chi connectivity index (χ0) is 15.4. The van der Waals surface area contributed by atoms with E-state index in [9.17, 15) is 9.90 Å². The van der Waals surface area contributed by atoms with Crippen molar-refractivity contribution >= 4 is 5.97 Å². The Bertz CT molecular complexity index is 631. The minimum Gasteiger partial charge on any atom is -0.486 e. The Kier molecular flexibility index (Phi) is 4.42. The lowest BCUT2D eigenvalue weighted by Gasteiger charge is -2.22. The quantitative estimate of drug-likeness (QED) is 0.919. The summed E-state index contributed by atoms with van der Waals surface area (Å²) >= 11 is 0. The van der Waals surface area contributed by atoms with Crippen LogP contribution in [0.25, 0.3) is 0 Å². The highest BCUT2D eigenvalue weighted by molar-refractivity contribution is 5.88. The SMILES string of the molecule is O=C(O)c1c(OC2CCCCC2)cnn1Cc1ccccc1. The summed E-state index contributed by atoms with van der Waals surface area (Å²) in [6, 6.07) is 9.70. The lowest BCUT2D eigenvalue weighted by molar-refractivity contribution is 0.0672. The van der Waals surface area contributed by atoms with Gasteiger partial charge in [-0.25, -0.2) is 4.79 Å². The molecule has 0 saturated heterocycles. The van der Waals surface area contributed by atoms with Gasteiger partial charge in [0.1, 0.15) is 0 Å². The van der Waals surface area contributed by atoms with E-state index in [1.54, 1.807) is 0 Å². The molecular formula is C17H20N2O3. The molecule has 22 heavy (non-hydrogen) atoms. The Hall–Kier alpha value is -2.30. The van der Waals surface area contributed by atoms with Crippen LogP contribution in [0.5, 0.6) is 5.75 Å². The molecule has 1 aliphatic rings. The molecule has 1 N–H and O–H groups in total. The number of aromatic nitrogens is 2. The standard InChI is InChI=1S/C17H20N2O3/c20-17(21)16-15(22-14-9-5-2-6-10-14)11-18-19(16)12-13-7-3-1-4-8-13/h1,3-4,7-8,11,14H,2,5-6,9-10,12H2,(H,20,21). The number of hydrogen-bond donors (Lipinski definition) is 1. The number of hydrogen-bond acceptors (Lipinski definition) is 3. The van der Waals surface area contributed by atoms with E-state index >= 15 is 0 Å². The van der Waals surface area contributed by atoms with Crippen molar-refractivity contribution in [2.75, 3.05) is 0 Å². The van der Waals surface area contributed by atoms with Crippen molar-refractivity contribution in [2.45, 2.75) is 44.8 Å². The summed E-state index contributed by atoms with van der Waals surface area (Å²) in [6.07, 6.45) is 7.14. The smallest absolute Gasteiger partial charge is 0.358 e. The van der Waals surface area contributed by atoms with Gasteiger partial charge in [0, 0.05) is 0 Å². The predicted octanol–water partition coefficient (Wildman–Crippen LogP) is 3.34. The van der Waals surface area contributed by atoms with Gasteiger partial charge >= 0.3 is 5.97 Å². The van der Waals surface area contributed by atoms with Gasteiger partial charge in [-0.1, -0.05) is 36.8 Å². The highest BCUT2D eigenvalue weighted by atomic mass is 16.5. The Labute approximate surface area is 129 Å². The molecule has 1 heterocycles. The first kappa shape index (κ1) is 14.6. The number of rotatable bonds is 5. The second-order valence-corrected chi connectivity index (χ2v) is 5.68. The predicted molar refractivity (Wildman–Crippen MR) is 82.2 cm³/mol. The largest absolute Gasteiger partial charge is 0.486 e. The van der Waals surface area contributed by atoms with Gasteiger partial charge in [-0.2, -0.15) is 5.10 Å². The normalized spacial score (nSPS) is 15.6. The maximum Gasteiger partial charge on any atom is 0.358 e. The number of ether oxygens (including phenoxy) is 1. The van der Waals surface area contributed by atoms with Crippen molar-refractivity contribution < 1.29 is 14.6 Å². The molecular weight excluding hydrogens is 280 g/mol. The fourth-order valence-electron chi connectivity index (χ4n) is 2.91. The molecule has 0 spiro atoms. The van der Waals surface area contributed by atoms with Gasteiger partial charge in [-0.3, -0.25) is 4.68 Å². The van der Waals surface area contributed by atoms with Gasteiger partial charge in [-0.05, 0) is 31.2 Å². The molecule has 1 saturated carbocycles. The number of carboxylic acids is 1. The summed E-state index contributed by atoms with van der Waals surface area (Å²) in [5.41, 5.74) is 1.15. The van der Waals surface area contributed by atoms with E-state index in [0.717, 1.165) is 31.2 Å². The maximum atomic E-state index is 11.6. The Morgan fingerprint density at radius 3 is 2.64 bits per heavy atom. The summed E-state index contributed by atoms with van der Waals surface area (Å²) in [6.45, 7) is 0.427. The highest BCUT2D eigenvalue weighted by Crippen LogP contribution is 2.26. The number of benzene rings is 1. The zero-order valence-electron chi connectivity index (χ0n) is 12.4. The minimum absolute atomic E-state index is 0.112. The van der Waals surface area contributed by atoms with Gasteiger partial charge in [-0.15, -0.1) is 0 Å². The van der Waals surface area contributed by atoms with Crippen LogP contribution in [-0.2, 0) is 6.54 Å². The van der Waals surface area contributed by atoms with E-state index in [-0.39, 0.29) is 11.8 Å². The second-order valence-electron chi connectivity index (χ2n) is 5.68. The second kappa shape index (κ2) is 6.64. The molecule has 0 amide bonds. The Morgan fingerprint density at radius 1 is 1.23 bits per heavy atom. The average molecular weight is 300 g/mol. The van der Waals surface area contributed by atoms with Gasteiger partial charge in [0.05, 0.1) is 18.8 Å². The Balaban J connectivity index is 1.80. The molecule has 2 aromatic rings. The molecule has 5 nitrogen and oxygen atoms in total. The van der Waals surface area contributed by atoms with Crippen LogP contribution in [-0.4, -0.2) is 27.0 Å². The van der Waals surface area contributed by atoms with E-state index in [2.05, 4.69) is 5.10 Å². The van der Waals surface area contributed by atoms with Crippen LogP contribution in [0.4, 0.5) is 0 Å². The topological polar surface area (TPSA) is 64.3 Å². The minimum atomic E-state index is -1.00. The van der Waals surface area contributed by atoms with Crippen molar-refractivity contribution in [1.29, 1.82) is 0 Å². The maximum absolute atomic E-state index is 11.6. The van der Waals surface area contributed by atoms with E-state index in [1.165, 1.54) is 17.3 Å². The first-order chi connectivity index (χ1) is 10.7. The van der Waals surface area contributed by atoms with Crippen molar-refractivity contribution in [3.8, 4) is 5.75 Å². The molecule has 3 rings (SSSR count). The van der Waals surface area contributed by atoms with Crippen LogP contribution in [0.3, 0.4) is 0 Å². The van der Waals surface area contributed by atoms with E-state index < -0.39 is 5.97 Å². The van der Waals surface area contributed by atoms with Crippen LogP contribution < -0.4 is 4.74 Å². The van der Waals surface area contributed by atoms with Crippen molar-refractivity contribution in [2.24, 2.45) is 0 Å². The first-order valence-electron chi connectivity index (χ1n) is 7.73. The van der Waals surface area contributed by atoms with Gasteiger partial charge in [0.2, 0.25) is 0 Å². The summed E-state index contributed by atoms with van der Waals surface area (Å²) < 4.78 is 7.40. The lowest BCUT2D eigenvalue weighted by atomic mass is 9.98. The summed E-state index contributed by atoms with van der Waals surface area (Å²) in [5, 5.41) is 13.7. The van der Waals surface area contributed by atoms with E-state index in [4.69, 9.17) is 4.74 Å². The molecule has 0 aliphatic heterocycles. The van der Waals surface area contributed by atoms with Crippen molar-refractivity contribution in [3.05, 3.63) is 47.8 Å². The molecule has 1 fully saturated rings. The number of nitrogens with zero attached hydrogens (tertiary/aromatic N) is 2. The number of carboxylic acid groups (broad SMARTS) is 1. The highest BCUT2D eigenvalue weighted by Gasteiger charge is 2.23. The van der Waals surface area contributed by atoms with Gasteiger partial charge < -0.3 is 9.84 Å². The third-order valence-corrected chi connectivity index (χ3v) is 4.03. The van der Waals surface area contributed by atoms with Crippen molar-refractivity contribution in [3.63, 3.8) is 0 Å². The summed E-state index contributed by atoms with van der Waals surface area (Å²) in [4.78, 5) is 11.6. The molecule has 0 atom stereocenters. The average Bonchev–Trinajstić information content (AvgIpc) is 2.92. The third-order valence-electron chi connectivity index (χ3n) is 4.03. The van der Waals surface area contributed by atoms with Gasteiger partial charge in [0.15, 0.2) is 11.4 Å². The van der Waals surface area contributed by atoms with Crippen LogP contribution in [0, 0.1) is 0 Å². The summed E-state index contributed by atoms with van der Waals surface area (Å²) in [5.74, 6) is -0.616. The lowest BCUT2D eigenvalue weighted by Crippen LogP contribution is -2.21. The molecule has 1 aromatic heterocycles. The monoisotopic (exact) mass is 300 g/mol. The molecule has 116 valence electrons. The molecule has 1 aliphatic carbocycles. The molecule has 1 aromatic carbocycles. The fraction of sp³-hybridized carbons (Fsp3) is 0.412. The molecule has 0 bridgehead atoms. The molecule has 5 heteroatoms. The van der Waals surface area contributed by atoms with Crippen LogP contribution in [0.2, 0.25) is 0 Å². The fourth-order valence-corrected chi connectivity index (χ4v) is 2.91. The van der Waals surface area contributed by atoms with Crippen molar-refractivity contribution in [1.82, 2.24) is 9.78 Å². The zero-order valence-corrected chi connectivity index (χ0v) is 12.4. The first-order valence-corrected chi connectivity index (χ1v) is 7.73. The van der Waals surface area contributed by atoms with Crippen LogP contribution >= 0.6 is 0 Å².